The Morgan fingerprint density at radius 1 is 1.00 bits per heavy atom. The maximum Gasteiger partial charge on any atom is 0.331 e. The summed E-state index contributed by atoms with van der Waals surface area (Å²) in [4.78, 5) is 28.6. The summed E-state index contributed by atoms with van der Waals surface area (Å²) in [6.07, 6.45) is 4.60. The molecule has 0 atom stereocenters. The van der Waals surface area contributed by atoms with Crippen LogP contribution < -0.4 is 9.47 Å². The molecule has 0 fully saturated rings. The second-order valence-electron chi connectivity index (χ2n) is 5.86. The Bertz CT molecular complexity index is 1040. The largest absolute Gasteiger partial charge is 0.493 e. The van der Waals surface area contributed by atoms with Crippen LogP contribution in [0.25, 0.3) is 17.0 Å². The fourth-order valence-electron chi connectivity index (χ4n) is 2.70. The summed E-state index contributed by atoms with van der Waals surface area (Å²) in [5.74, 6) is 0.00185. The Morgan fingerprint density at radius 3 is 2.57 bits per heavy atom. The Kier molecular flexibility index (Phi) is 6.01. The van der Waals surface area contributed by atoms with Gasteiger partial charge in [0.05, 0.1) is 19.7 Å². The number of benzene rings is 2. The highest BCUT2D eigenvalue weighted by Gasteiger charge is 2.12. The summed E-state index contributed by atoms with van der Waals surface area (Å²) < 4.78 is 15.4. The zero-order chi connectivity index (χ0) is 19.9. The molecule has 142 valence electrons. The van der Waals surface area contributed by atoms with Crippen molar-refractivity contribution < 1.29 is 23.8 Å². The zero-order valence-electron chi connectivity index (χ0n) is 15.5. The Balaban J connectivity index is 1.64. The van der Waals surface area contributed by atoms with E-state index in [0.29, 0.717) is 17.1 Å². The van der Waals surface area contributed by atoms with Crippen molar-refractivity contribution in [1.82, 2.24) is 4.98 Å². The van der Waals surface area contributed by atoms with Crippen molar-refractivity contribution in [3.63, 3.8) is 0 Å². The molecule has 0 saturated carbocycles. The Hall–Kier alpha value is -3.67. The Labute approximate surface area is 162 Å². The fraction of sp³-hybridized carbons (Fsp3) is 0.136. The van der Waals surface area contributed by atoms with Crippen molar-refractivity contribution >= 4 is 28.7 Å². The van der Waals surface area contributed by atoms with E-state index >= 15 is 0 Å². The first-order chi connectivity index (χ1) is 13.6. The van der Waals surface area contributed by atoms with Gasteiger partial charge in [0.2, 0.25) is 0 Å². The van der Waals surface area contributed by atoms with Crippen LogP contribution in [0.5, 0.6) is 11.5 Å². The highest BCUT2D eigenvalue weighted by Crippen LogP contribution is 2.27. The van der Waals surface area contributed by atoms with Gasteiger partial charge in [-0.3, -0.25) is 9.78 Å². The molecule has 0 saturated heterocycles. The summed E-state index contributed by atoms with van der Waals surface area (Å²) in [5.41, 5.74) is 1.95. The smallest absolute Gasteiger partial charge is 0.331 e. The molecule has 0 amide bonds. The molecule has 0 N–H and O–H groups in total. The number of hydrogen-bond acceptors (Lipinski definition) is 6. The first-order valence-corrected chi connectivity index (χ1v) is 8.56. The zero-order valence-corrected chi connectivity index (χ0v) is 15.5. The predicted octanol–water partition coefficient (Wildman–Crippen LogP) is 3.69. The van der Waals surface area contributed by atoms with Crippen LogP contribution in [-0.4, -0.2) is 37.6 Å². The molecule has 1 aromatic heterocycles. The highest BCUT2D eigenvalue weighted by molar-refractivity contribution is 5.99. The van der Waals surface area contributed by atoms with Gasteiger partial charge in [0.25, 0.3) is 0 Å². The first-order valence-electron chi connectivity index (χ1n) is 8.56. The minimum absolute atomic E-state index is 0.338. The quantitative estimate of drug-likeness (QED) is 0.355. The van der Waals surface area contributed by atoms with E-state index in [1.54, 1.807) is 30.5 Å². The number of rotatable bonds is 7. The predicted molar refractivity (Wildman–Crippen MR) is 106 cm³/mol. The number of carbonyl (C=O) groups excluding carboxylic acids is 2. The summed E-state index contributed by atoms with van der Waals surface area (Å²) in [6, 6.07) is 14.2. The van der Waals surface area contributed by atoms with Gasteiger partial charge in [-0.05, 0) is 30.3 Å². The molecule has 3 aromatic rings. The lowest BCUT2D eigenvalue weighted by atomic mass is 10.1. The van der Waals surface area contributed by atoms with Crippen LogP contribution in [0, 0.1) is 0 Å². The third kappa shape index (κ3) is 4.35. The molecule has 0 unspecified atom stereocenters. The third-order valence-corrected chi connectivity index (χ3v) is 4.11. The topological polar surface area (TPSA) is 74.7 Å². The number of methoxy groups -OCH3 is 2. The molecule has 0 aliphatic rings. The van der Waals surface area contributed by atoms with Crippen molar-refractivity contribution in [1.29, 1.82) is 0 Å². The van der Waals surface area contributed by atoms with E-state index in [4.69, 9.17) is 14.2 Å². The van der Waals surface area contributed by atoms with Gasteiger partial charge < -0.3 is 14.2 Å². The Morgan fingerprint density at radius 2 is 1.79 bits per heavy atom. The molecular formula is C22H19NO5. The number of hydrogen-bond donors (Lipinski definition) is 0. The average molecular weight is 377 g/mol. The van der Waals surface area contributed by atoms with Crippen molar-refractivity contribution in [2.75, 3.05) is 20.8 Å². The van der Waals surface area contributed by atoms with Gasteiger partial charge in [0.15, 0.2) is 23.9 Å². The number of ketones is 1. The number of esters is 1. The van der Waals surface area contributed by atoms with Crippen molar-refractivity contribution in [3.8, 4) is 11.5 Å². The molecule has 1 heterocycles. The average Bonchev–Trinajstić information content (AvgIpc) is 2.75. The maximum absolute atomic E-state index is 12.3. The van der Waals surface area contributed by atoms with Gasteiger partial charge in [-0.15, -0.1) is 0 Å². The van der Waals surface area contributed by atoms with Crippen LogP contribution in [0.3, 0.4) is 0 Å². The van der Waals surface area contributed by atoms with Gasteiger partial charge in [-0.25, -0.2) is 4.79 Å². The standard InChI is InChI=1S/C22H19NO5/c1-26-19-10-8-17(13-20(19)27-2)18(24)14-28-21(25)11-9-16-6-3-5-15-7-4-12-23-22(15)16/h3-13H,14H2,1-2H3/b11-9+. The van der Waals surface area contributed by atoms with Crippen LogP contribution >= 0.6 is 0 Å². The molecule has 0 aliphatic carbocycles. The van der Waals surface area contributed by atoms with E-state index in [9.17, 15) is 9.59 Å². The van der Waals surface area contributed by atoms with Crippen LogP contribution in [-0.2, 0) is 9.53 Å². The molecule has 6 heteroatoms. The molecule has 0 aliphatic heterocycles. The SMILES string of the molecule is COc1ccc(C(=O)COC(=O)/C=C/c2cccc3cccnc23)cc1OC. The van der Waals surface area contributed by atoms with Crippen molar-refractivity contribution in [2.45, 2.75) is 0 Å². The van der Waals surface area contributed by atoms with Gasteiger partial charge in [0.1, 0.15) is 0 Å². The molecule has 6 nitrogen and oxygen atoms in total. The fourth-order valence-corrected chi connectivity index (χ4v) is 2.70. The number of pyridine rings is 1. The minimum atomic E-state index is -0.609. The first kappa shape index (κ1) is 19.1. The number of carbonyl (C=O) groups is 2. The van der Waals surface area contributed by atoms with E-state index in [0.717, 1.165) is 16.5 Å². The summed E-state index contributed by atoms with van der Waals surface area (Å²) in [5, 5.41) is 0.974. The lowest BCUT2D eigenvalue weighted by molar-refractivity contribution is -0.136. The summed E-state index contributed by atoms with van der Waals surface area (Å²) in [6.45, 7) is -0.369. The normalized spacial score (nSPS) is 10.8. The number of fused-ring (bicyclic) bond motifs is 1. The molecule has 2 aromatic carbocycles. The van der Waals surface area contributed by atoms with Gasteiger partial charge >= 0.3 is 5.97 Å². The molecule has 3 rings (SSSR count). The third-order valence-electron chi connectivity index (χ3n) is 4.11. The number of para-hydroxylation sites is 1. The number of Topliss-reactive ketones (excluding diaryl/α,β-unsaturated/α-hetero) is 1. The molecular weight excluding hydrogens is 358 g/mol. The van der Waals surface area contributed by atoms with Gasteiger partial charge in [0, 0.05) is 28.8 Å². The van der Waals surface area contributed by atoms with Gasteiger partial charge in [-0.2, -0.15) is 0 Å². The number of nitrogens with zero attached hydrogens (tertiary/aromatic N) is 1. The monoisotopic (exact) mass is 377 g/mol. The lowest BCUT2D eigenvalue weighted by Crippen LogP contribution is -2.12. The van der Waals surface area contributed by atoms with E-state index < -0.39 is 5.97 Å². The van der Waals surface area contributed by atoms with Gasteiger partial charge in [-0.1, -0.05) is 24.3 Å². The van der Waals surface area contributed by atoms with E-state index in [1.165, 1.54) is 20.3 Å². The maximum atomic E-state index is 12.3. The summed E-state index contributed by atoms with van der Waals surface area (Å²) in [7, 11) is 3.00. The van der Waals surface area contributed by atoms with Crippen LogP contribution in [0.2, 0.25) is 0 Å². The van der Waals surface area contributed by atoms with E-state index in [1.807, 2.05) is 30.3 Å². The number of ether oxygens (including phenoxy) is 3. The second kappa shape index (κ2) is 8.81. The molecule has 28 heavy (non-hydrogen) atoms. The van der Waals surface area contributed by atoms with Crippen LogP contribution in [0.1, 0.15) is 15.9 Å². The van der Waals surface area contributed by atoms with Crippen molar-refractivity contribution in [3.05, 3.63) is 71.9 Å². The van der Waals surface area contributed by atoms with E-state index in [-0.39, 0.29) is 12.4 Å². The lowest BCUT2D eigenvalue weighted by Gasteiger charge is -2.09. The summed E-state index contributed by atoms with van der Waals surface area (Å²) >= 11 is 0. The molecule has 0 bridgehead atoms. The van der Waals surface area contributed by atoms with Crippen LogP contribution in [0.4, 0.5) is 0 Å². The van der Waals surface area contributed by atoms with E-state index in [2.05, 4.69) is 4.98 Å². The molecule has 0 spiro atoms. The second-order valence-corrected chi connectivity index (χ2v) is 5.86. The highest BCUT2D eigenvalue weighted by atomic mass is 16.5. The minimum Gasteiger partial charge on any atom is -0.493 e. The van der Waals surface area contributed by atoms with Crippen molar-refractivity contribution in [2.24, 2.45) is 0 Å². The number of aromatic nitrogens is 1. The molecule has 0 radical (unpaired) electrons. The van der Waals surface area contributed by atoms with Crippen LogP contribution in [0.15, 0.2) is 60.8 Å².